The average Bonchev–Trinajstić information content (AvgIpc) is 2.64. The second-order valence-electron chi connectivity index (χ2n) is 7.09. The zero-order chi connectivity index (χ0) is 19.8. The van der Waals surface area contributed by atoms with Crippen molar-refractivity contribution >= 4 is 5.78 Å². The first kappa shape index (κ1) is 18.8. The number of allylic oxidation sites excluding steroid dienone is 1. The molecule has 138 valence electrons. The molecule has 3 rings (SSSR count). The number of methoxy groups -OCH3 is 1. The van der Waals surface area contributed by atoms with Crippen LogP contribution in [0.5, 0.6) is 0 Å². The second-order valence-corrected chi connectivity index (χ2v) is 7.09. The highest BCUT2D eigenvalue weighted by Crippen LogP contribution is 2.47. The lowest BCUT2D eigenvalue weighted by Gasteiger charge is -2.40. The number of nitriles is 1. The molecule has 0 amide bonds. The van der Waals surface area contributed by atoms with Crippen LogP contribution in [-0.4, -0.2) is 22.9 Å². The Bertz CT molecular complexity index is 995. The van der Waals surface area contributed by atoms with E-state index in [2.05, 4.69) is 9.97 Å². The first-order valence-corrected chi connectivity index (χ1v) is 8.22. The van der Waals surface area contributed by atoms with Gasteiger partial charge in [-0.25, -0.2) is 8.78 Å². The van der Waals surface area contributed by atoms with Crippen LogP contribution in [0.4, 0.5) is 8.78 Å². The summed E-state index contributed by atoms with van der Waals surface area (Å²) in [6, 6.07) is 4.33. The SMILES string of the molecule is COC1(c2ncc(F)cc2-c2cncc(F)c2)C=C(C#N)C(=O)C(C)(C)C1. The van der Waals surface area contributed by atoms with E-state index in [1.807, 2.05) is 6.07 Å². The van der Waals surface area contributed by atoms with Crippen molar-refractivity contribution in [2.24, 2.45) is 5.41 Å². The lowest BCUT2D eigenvalue weighted by molar-refractivity contribution is -0.128. The Morgan fingerprint density at radius 1 is 1.19 bits per heavy atom. The van der Waals surface area contributed by atoms with E-state index in [1.165, 1.54) is 31.5 Å². The van der Waals surface area contributed by atoms with E-state index < -0.39 is 22.7 Å². The van der Waals surface area contributed by atoms with Crippen molar-refractivity contribution in [2.75, 3.05) is 7.11 Å². The smallest absolute Gasteiger partial charge is 0.178 e. The fourth-order valence-electron chi connectivity index (χ4n) is 3.47. The number of hydrogen-bond acceptors (Lipinski definition) is 5. The first-order valence-electron chi connectivity index (χ1n) is 8.22. The normalized spacial score (nSPS) is 21.5. The number of nitrogens with zero attached hydrogens (tertiary/aromatic N) is 3. The molecule has 7 heteroatoms. The summed E-state index contributed by atoms with van der Waals surface area (Å²) in [4.78, 5) is 20.5. The highest BCUT2D eigenvalue weighted by Gasteiger charge is 2.48. The minimum Gasteiger partial charge on any atom is -0.368 e. The first-order chi connectivity index (χ1) is 12.7. The molecule has 27 heavy (non-hydrogen) atoms. The van der Waals surface area contributed by atoms with Gasteiger partial charge in [0.25, 0.3) is 0 Å². The van der Waals surface area contributed by atoms with Crippen molar-refractivity contribution in [1.29, 1.82) is 5.26 Å². The zero-order valence-electron chi connectivity index (χ0n) is 15.1. The van der Waals surface area contributed by atoms with Crippen molar-refractivity contribution in [3.05, 3.63) is 59.7 Å². The van der Waals surface area contributed by atoms with Crippen LogP contribution in [0.2, 0.25) is 0 Å². The molecule has 0 aromatic carbocycles. The van der Waals surface area contributed by atoms with Crippen LogP contribution in [0.15, 0.2) is 42.4 Å². The number of pyridine rings is 2. The second kappa shape index (κ2) is 6.63. The molecular weight excluding hydrogens is 352 g/mol. The minimum absolute atomic E-state index is 0.0532. The Morgan fingerprint density at radius 2 is 1.89 bits per heavy atom. The Hall–Kier alpha value is -2.98. The van der Waals surface area contributed by atoms with Crippen molar-refractivity contribution in [3.8, 4) is 17.2 Å². The fraction of sp³-hybridized carbons (Fsp3) is 0.300. The largest absolute Gasteiger partial charge is 0.368 e. The van der Waals surface area contributed by atoms with Gasteiger partial charge in [0.1, 0.15) is 23.3 Å². The molecule has 0 N–H and O–H groups in total. The van der Waals surface area contributed by atoms with Gasteiger partial charge in [-0.1, -0.05) is 13.8 Å². The lowest BCUT2D eigenvalue weighted by Crippen LogP contribution is -2.43. The van der Waals surface area contributed by atoms with Crippen LogP contribution in [0.3, 0.4) is 0 Å². The summed E-state index contributed by atoms with van der Waals surface area (Å²) in [7, 11) is 1.43. The molecule has 0 spiro atoms. The van der Waals surface area contributed by atoms with E-state index in [9.17, 15) is 18.8 Å². The molecule has 2 aromatic rings. The molecule has 1 aliphatic rings. The third-order valence-corrected chi connectivity index (χ3v) is 4.70. The number of rotatable bonds is 3. The third kappa shape index (κ3) is 3.24. The molecule has 0 aliphatic heterocycles. The number of ether oxygens (including phenoxy) is 1. The standard InChI is InChI=1S/C20H17F2N3O2/c1-19(2)11-20(27-3,6-13(7-23)18(19)26)17-16(5-15(22)10-25-17)12-4-14(21)9-24-8-12/h4-6,8-10H,11H2,1-3H3. The van der Waals surface area contributed by atoms with E-state index in [4.69, 9.17) is 4.74 Å². The van der Waals surface area contributed by atoms with Gasteiger partial charge in [-0.2, -0.15) is 5.26 Å². The van der Waals surface area contributed by atoms with Crippen molar-refractivity contribution < 1.29 is 18.3 Å². The van der Waals surface area contributed by atoms with Gasteiger partial charge in [0, 0.05) is 29.8 Å². The molecule has 5 nitrogen and oxygen atoms in total. The summed E-state index contributed by atoms with van der Waals surface area (Å²) in [5.41, 5.74) is -1.33. The van der Waals surface area contributed by atoms with E-state index in [-0.39, 0.29) is 29.0 Å². The molecule has 0 bridgehead atoms. The fourth-order valence-corrected chi connectivity index (χ4v) is 3.47. The van der Waals surface area contributed by atoms with Gasteiger partial charge < -0.3 is 4.74 Å². The summed E-state index contributed by atoms with van der Waals surface area (Å²) < 4.78 is 33.4. The molecule has 0 saturated carbocycles. The molecule has 1 aliphatic carbocycles. The molecular formula is C20H17F2N3O2. The summed E-state index contributed by atoms with van der Waals surface area (Å²) in [5, 5.41) is 9.40. The molecule has 2 aromatic heterocycles. The van der Waals surface area contributed by atoms with Gasteiger partial charge >= 0.3 is 0 Å². The number of hydrogen-bond donors (Lipinski definition) is 0. The maximum absolute atomic E-state index is 13.9. The summed E-state index contributed by atoms with van der Waals surface area (Å²) >= 11 is 0. The molecule has 0 saturated heterocycles. The van der Waals surface area contributed by atoms with E-state index in [0.29, 0.717) is 5.56 Å². The van der Waals surface area contributed by atoms with Crippen molar-refractivity contribution in [3.63, 3.8) is 0 Å². The van der Waals surface area contributed by atoms with Crippen molar-refractivity contribution in [2.45, 2.75) is 25.9 Å². The van der Waals surface area contributed by atoms with Crippen LogP contribution >= 0.6 is 0 Å². The van der Waals surface area contributed by atoms with Gasteiger partial charge in [-0.05, 0) is 24.6 Å². The van der Waals surface area contributed by atoms with Gasteiger partial charge in [-0.15, -0.1) is 0 Å². The van der Waals surface area contributed by atoms with Gasteiger partial charge in [-0.3, -0.25) is 14.8 Å². The number of carbonyl (C=O) groups is 1. The zero-order valence-corrected chi connectivity index (χ0v) is 15.1. The summed E-state index contributed by atoms with van der Waals surface area (Å²) in [6.07, 6.45) is 5.06. The minimum atomic E-state index is -1.25. The van der Waals surface area contributed by atoms with Gasteiger partial charge in [0.15, 0.2) is 5.78 Å². The van der Waals surface area contributed by atoms with Gasteiger partial charge in [0.2, 0.25) is 0 Å². The highest BCUT2D eigenvalue weighted by molar-refractivity contribution is 6.04. The quantitative estimate of drug-likeness (QED) is 0.824. The number of Topliss-reactive ketones (excluding diaryl/α,β-unsaturated/α-hetero) is 1. The number of carbonyl (C=O) groups excluding carboxylic acids is 1. The van der Waals surface area contributed by atoms with Crippen LogP contribution in [0.1, 0.15) is 26.0 Å². The third-order valence-electron chi connectivity index (χ3n) is 4.70. The molecule has 1 atom stereocenters. The lowest BCUT2D eigenvalue weighted by atomic mass is 9.68. The van der Waals surface area contributed by atoms with Crippen LogP contribution < -0.4 is 0 Å². The van der Waals surface area contributed by atoms with Crippen molar-refractivity contribution in [1.82, 2.24) is 9.97 Å². The topological polar surface area (TPSA) is 75.9 Å². The van der Waals surface area contributed by atoms with E-state index >= 15 is 0 Å². The predicted molar refractivity (Wildman–Crippen MR) is 93.2 cm³/mol. The number of halogens is 2. The molecule has 0 radical (unpaired) electrons. The highest BCUT2D eigenvalue weighted by atomic mass is 19.1. The Labute approximate surface area is 155 Å². The monoisotopic (exact) mass is 369 g/mol. The van der Waals surface area contributed by atoms with E-state index in [0.717, 1.165) is 12.4 Å². The average molecular weight is 369 g/mol. The van der Waals surface area contributed by atoms with Crippen LogP contribution in [-0.2, 0) is 15.1 Å². The van der Waals surface area contributed by atoms with Gasteiger partial charge in [0.05, 0.1) is 23.7 Å². The predicted octanol–water partition coefficient (Wildman–Crippen LogP) is 3.71. The molecule has 0 fully saturated rings. The Kier molecular flexibility index (Phi) is 4.62. The molecule has 2 heterocycles. The van der Waals surface area contributed by atoms with Crippen LogP contribution in [0.25, 0.3) is 11.1 Å². The Balaban J connectivity index is 2.30. The molecule has 1 unspecified atom stereocenters. The van der Waals surface area contributed by atoms with E-state index in [1.54, 1.807) is 13.8 Å². The summed E-state index contributed by atoms with van der Waals surface area (Å²) in [6.45, 7) is 3.42. The van der Waals surface area contributed by atoms with Crippen LogP contribution in [0, 0.1) is 28.4 Å². The Morgan fingerprint density at radius 3 is 2.52 bits per heavy atom. The summed E-state index contributed by atoms with van der Waals surface area (Å²) in [5.74, 6) is -1.49. The number of ketones is 1. The maximum atomic E-state index is 13.9. The number of aromatic nitrogens is 2. The maximum Gasteiger partial charge on any atom is 0.178 e.